The first-order chi connectivity index (χ1) is 6.38. The highest BCUT2D eigenvalue weighted by Gasteiger charge is 2.25. The van der Waals surface area contributed by atoms with Crippen LogP contribution in [0.15, 0.2) is 0 Å². The van der Waals surface area contributed by atoms with Crippen molar-refractivity contribution in [2.24, 2.45) is 5.73 Å². The fourth-order valence-corrected chi connectivity index (χ4v) is 1.52. The average molecular weight is 189 g/mol. The molecule has 0 aromatic carbocycles. The predicted octanol–water partition coefficient (Wildman–Crippen LogP) is -0.108. The zero-order chi connectivity index (χ0) is 9.52. The summed E-state index contributed by atoms with van der Waals surface area (Å²) in [5, 5.41) is 8.57. The molecule has 1 aliphatic heterocycles. The average Bonchev–Trinajstić information content (AvgIpc) is 2.65. The van der Waals surface area contributed by atoms with Crippen molar-refractivity contribution >= 4 is 0 Å². The molecule has 2 atom stereocenters. The Labute approximate surface area is 79.0 Å². The molecule has 13 heavy (non-hydrogen) atoms. The number of hydrogen-bond donors (Lipinski definition) is 2. The number of nitrogens with two attached hydrogens (primary N) is 1. The van der Waals surface area contributed by atoms with E-state index in [0.717, 1.165) is 19.4 Å². The number of aliphatic hydroxyl groups excluding tert-OH is 1. The Morgan fingerprint density at radius 1 is 1.62 bits per heavy atom. The third kappa shape index (κ3) is 3.60. The Bertz CT molecular complexity index is 126. The van der Waals surface area contributed by atoms with Gasteiger partial charge in [-0.1, -0.05) is 0 Å². The molecule has 78 valence electrons. The largest absolute Gasteiger partial charge is 0.396 e. The first-order valence-corrected chi connectivity index (χ1v) is 4.92. The molecule has 4 nitrogen and oxygen atoms in total. The number of rotatable bonds is 6. The summed E-state index contributed by atoms with van der Waals surface area (Å²) in [5.41, 5.74) is 5.57. The lowest BCUT2D eigenvalue weighted by Gasteiger charge is -2.21. The maximum atomic E-state index is 8.57. The van der Waals surface area contributed by atoms with Crippen molar-refractivity contribution in [2.75, 3.05) is 26.4 Å². The van der Waals surface area contributed by atoms with Gasteiger partial charge in [-0.25, -0.2) is 0 Å². The van der Waals surface area contributed by atoms with Crippen LogP contribution in [0.3, 0.4) is 0 Å². The third-order valence-corrected chi connectivity index (χ3v) is 2.25. The van der Waals surface area contributed by atoms with Gasteiger partial charge in [0, 0.05) is 26.4 Å². The first kappa shape index (κ1) is 10.9. The number of aliphatic hydroxyl groups is 1. The van der Waals surface area contributed by atoms with Crippen LogP contribution in [0.1, 0.15) is 19.3 Å². The molecule has 4 heteroatoms. The molecule has 0 aliphatic carbocycles. The smallest absolute Gasteiger partial charge is 0.0958 e. The molecule has 1 rings (SSSR count). The Kier molecular flexibility index (Phi) is 5.31. The normalized spacial score (nSPS) is 24.9. The fraction of sp³-hybridized carbons (Fsp3) is 1.00. The second-order valence-corrected chi connectivity index (χ2v) is 3.27. The van der Waals surface area contributed by atoms with Crippen molar-refractivity contribution < 1.29 is 14.6 Å². The van der Waals surface area contributed by atoms with E-state index >= 15 is 0 Å². The minimum Gasteiger partial charge on any atom is -0.396 e. The van der Waals surface area contributed by atoms with Crippen LogP contribution in [0.2, 0.25) is 0 Å². The molecule has 1 saturated heterocycles. The summed E-state index contributed by atoms with van der Waals surface area (Å²) in [5.74, 6) is 0. The molecule has 0 bridgehead atoms. The Hall–Kier alpha value is -0.160. The molecule has 1 aliphatic rings. The molecule has 1 fully saturated rings. The zero-order valence-corrected chi connectivity index (χ0v) is 7.95. The first-order valence-electron chi connectivity index (χ1n) is 4.92. The van der Waals surface area contributed by atoms with Gasteiger partial charge in [0.2, 0.25) is 0 Å². The van der Waals surface area contributed by atoms with E-state index in [9.17, 15) is 0 Å². The van der Waals surface area contributed by atoms with Crippen LogP contribution in [-0.4, -0.2) is 43.7 Å². The van der Waals surface area contributed by atoms with Crippen LogP contribution in [0.4, 0.5) is 0 Å². The lowest BCUT2D eigenvalue weighted by Crippen LogP contribution is -2.35. The maximum absolute atomic E-state index is 8.57. The van der Waals surface area contributed by atoms with Crippen molar-refractivity contribution in [3.05, 3.63) is 0 Å². The topological polar surface area (TPSA) is 64.7 Å². The van der Waals surface area contributed by atoms with Gasteiger partial charge in [-0.3, -0.25) is 0 Å². The molecule has 0 spiro atoms. The van der Waals surface area contributed by atoms with Crippen molar-refractivity contribution in [3.8, 4) is 0 Å². The standard InChI is InChI=1S/C9H19NO3/c10-7-9(13-6-2-4-11)8-3-1-5-12-8/h8-9,11H,1-7,10H2. The summed E-state index contributed by atoms with van der Waals surface area (Å²) in [6, 6.07) is 0. The second kappa shape index (κ2) is 6.32. The highest BCUT2D eigenvalue weighted by atomic mass is 16.5. The molecule has 3 N–H and O–H groups in total. The van der Waals surface area contributed by atoms with E-state index in [1.54, 1.807) is 0 Å². The summed E-state index contributed by atoms with van der Waals surface area (Å²) < 4.78 is 11.0. The lowest BCUT2D eigenvalue weighted by molar-refractivity contribution is -0.0461. The molecule has 0 aromatic rings. The third-order valence-electron chi connectivity index (χ3n) is 2.25. The molecule has 0 aromatic heterocycles. The molecular weight excluding hydrogens is 170 g/mol. The van der Waals surface area contributed by atoms with Gasteiger partial charge >= 0.3 is 0 Å². The van der Waals surface area contributed by atoms with Crippen molar-refractivity contribution in [3.63, 3.8) is 0 Å². The van der Waals surface area contributed by atoms with Crippen molar-refractivity contribution in [1.82, 2.24) is 0 Å². The number of ether oxygens (including phenoxy) is 2. The van der Waals surface area contributed by atoms with Gasteiger partial charge in [-0.05, 0) is 19.3 Å². The van der Waals surface area contributed by atoms with Crippen LogP contribution in [-0.2, 0) is 9.47 Å². The molecule has 0 saturated carbocycles. The minimum absolute atomic E-state index is 0.00838. The summed E-state index contributed by atoms with van der Waals surface area (Å²) >= 11 is 0. The SMILES string of the molecule is NCC(OCCCO)C1CCCO1. The Morgan fingerprint density at radius 2 is 2.46 bits per heavy atom. The summed E-state index contributed by atoms with van der Waals surface area (Å²) in [7, 11) is 0. The second-order valence-electron chi connectivity index (χ2n) is 3.27. The van der Waals surface area contributed by atoms with E-state index in [-0.39, 0.29) is 18.8 Å². The molecule has 0 radical (unpaired) electrons. The highest BCUT2D eigenvalue weighted by Crippen LogP contribution is 2.17. The molecular formula is C9H19NO3. The van der Waals surface area contributed by atoms with E-state index < -0.39 is 0 Å². The van der Waals surface area contributed by atoms with Gasteiger partial charge in [0.05, 0.1) is 12.2 Å². The minimum atomic E-state index is 0.00838. The van der Waals surface area contributed by atoms with E-state index in [0.29, 0.717) is 19.6 Å². The van der Waals surface area contributed by atoms with Crippen LogP contribution in [0.25, 0.3) is 0 Å². The lowest BCUT2D eigenvalue weighted by atomic mass is 10.1. The quantitative estimate of drug-likeness (QED) is 0.572. The van der Waals surface area contributed by atoms with Gasteiger partial charge < -0.3 is 20.3 Å². The van der Waals surface area contributed by atoms with E-state index in [4.69, 9.17) is 20.3 Å². The highest BCUT2D eigenvalue weighted by molar-refractivity contribution is 4.75. The predicted molar refractivity (Wildman–Crippen MR) is 49.5 cm³/mol. The van der Waals surface area contributed by atoms with Gasteiger partial charge in [-0.2, -0.15) is 0 Å². The van der Waals surface area contributed by atoms with Crippen LogP contribution in [0.5, 0.6) is 0 Å². The van der Waals surface area contributed by atoms with Gasteiger partial charge in [0.1, 0.15) is 0 Å². The summed E-state index contributed by atoms with van der Waals surface area (Å²) in [6.45, 7) is 2.06. The van der Waals surface area contributed by atoms with Crippen molar-refractivity contribution in [2.45, 2.75) is 31.5 Å². The van der Waals surface area contributed by atoms with Crippen LogP contribution >= 0.6 is 0 Å². The van der Waals surface area contributed by atoms with Crippen molar-refractivity contribution in [1.29, 1.82) is 0 Å². The monoisotopic (exact) mass is 189 g/mol. The summed E-state index contributed by atoms with van der Waals surface area (Å²) in [6.07, 6.45) is 2.99. The van der Waals surface area contributed by atoms with Crippen LogP contribution in [0, 0.1) is 0 Å². The Balaban J connectivity index is 2.16. The number of hydrogen-bond acceptors (Lipinski definition) is 4. The van der Waals surface area contributed by atoms with Gasteiger partial charge in [0.25, 0.3) is 0 Å². The zero-order valence-electron chi connectivity index (χ0n) is 7.95. The molecule has 1 heterocycles. The van der Waals surface area contributed by atoms with Crippen LogP contribution < -0.4 is 5.73 Å². The van der Waals surface area contributed by atoms with E-state index in [2.05, 4.69) is 0 Å². The molecule has 0 amide bonds. The van der Waals surface area contributed by atoms with Gasteiger partial charge in [-0.15, -0.1) is 0 Å². The maximum Gasteiger partial charge on any atom is 0.0958 e. The van der Waals surface area contributed by atoms with E-state index in [1.165, 1.54) is 0 Å². The van der Waals surface area contributed by atoms with Gasteiger partial charge in [0.15, 0.2) is 0 Å². The Morgan fingerprint density at radius 3 is 3.00 bits per heavy atom. The van der Waals surface area contributed by atoms with E-state index in [1.807, 2.05) is 0 Å². The molecule has 2 unspecified atom stereocenters. The summed E-state index contributed by atoms with van der Waals surface area (Å²) in [4.78, 5) is 0. The fourth-order valence-electron chi connectivity index (χ4n) is 1.52.